The number of carbonyl (C=O) groups excluding carboxylic acids is 3. The molecule has 3 aliphatic rings. The Labute approximate surface area is 131 Å². The van der Waals surface area contributed by atoms with E-state index >= 15 is 0 Å². The Morgan fingerprint density at radius 3 is 2.68 bits per heavy atom. The second kappa shape index (κ2) is 5.56. The highest BCUT2D eigenvalue weighted by Crippen LogP contribution is 2.52. The van der Waals surface area contributed by atoms with Gasteiger partial charge in [0.25, 0.3) is 0 Å². The highest BCUT2D eigenvalue weighted by Gasteiger charge is 2.60. The normalized spacial score (nSPS) is 37.3. The highest BCUT2D eigenvalue weighted by atomic mass is 16.2. The molecule has 122 valence electrons. The number of carbonyl (C=O) groups is 3. The molecule has 0 bridgehead atoms. The van der Waals surface area contributed by atoms with Crippen molar-refractivity contribution in [2.75, 3.05) is 7.05 Å². The molecule has 0 unspecified atom stereocenters. The summed E-state index contributed by atoms with van der Waals surface area (Å²) in [5.74, 6) is 0.0843. The zero-order valence-electron chi connectivity index (χ0n) is 13.4. The summed E-state index contributed by atoms with van der Waals surface area (Å²) in [5.41, 5.74) is -0.151. The molecule has 22 heavy (non-hydrogen) atoms. The molecule has 0 aromatic carbocycles. The predicted molar refractivity (Wildman–Crippen MR) is 80.8 cm³/mol. The molecule has 3 rings (SSSR count). The molecule has 4 atom stereocenters. The average Bonchev–Trinajstić information content (AvgIpc) is 2.85. The van der Waals surface area contributed by atoms with E-state index in [0.29, 0.717) is 12.3 Å². The first kappa shape index (κ1) is 15.3. The molecule has 2 heterocycles. The molecule has 0 aromatic rings. The van der Waals surface area contributed by atoms with Crippen molar-refractivity contribution in [3.63, 3.8) is 0 Å². The van der Waals surface area contributed by atoms with Gasteiger partial charge in [-0.05, 0) is 38.0 Å². The Kier molecular flexibility index (Phi) is 3.87. The Bertz CT molecular complexity index is 507. The predicted octanol–water partition coefficient (Wildman–Crippen LogP) is 0.561. The van der Waals surface area contributed by atoms with E-state index in [-0.39, 0.29) is 29.3 Å². The number of amides is 3. The van der Waals surface area contributed by atoms with Gasteiger partial charge in [0, 0.05) is 19.5 Å². The van der Waals surface area contributed by atoms with Crippen LogP contribution >= 0.6 is 0 Å². The standard InChI is InChI=1S/C16H25N3O3/c1-10(20)18-12-6-8-16-7-4-3-5-11(16)9-13(14(21)17-2)19(16)15(12)22/h11-13H,3-9H2,1-2H3,(H,17,21)(H,18,20)/t11-,12+,13-,16+/m0/s1. The second-order valence-electron chi connectivity index (χ2n) is 6.91. The van der Waals surface area contributed by atoms with Crippen LogP contribution in [-0.4, -0.2) is 47.3 Å². The zero-order valence-corrected chi connectivity index (χ0v) is 13.4. The van der Waals surface area contributed by atoms with Crippen LogP contribution in [-0.2, 0) is 14.4 Å². The van der Waals surface area contributed by atoms with Crippen molar-refractivity contribution >= 4 is 17.7 Å². The van der Waals surface area contributed by atoms with Crippen molar-refractivity contribution in [2.24, 2.45) is 5.92 Å². The molecule has 2 N–H and O–H groups in total. The van der Waals surface area contributed by atoms with E-state index in [2.05, 4.69) is 10.6 Å². The largest absolute Gasteiger partial charge is 0.357 e. The van der Waals surface area contributed by atoms with Crippen LogP contribution in [0.4, 0.5) is 0 Å². The lowest BCUT2D eigenvalue weighted by atomic mass is 9.69. The fourth-order valence-corrected chi connectivity index (χ4v) is 4.91. The maximum absolute atomic E-state index is 13.0. The molecule has 6 nitrogen and oxygen atoms in total. The van der Waals surface area contributed by atoms with Crippen LogP contribution in [0.25, 0.3) is 0 Å². The van der Waals surface area contributed by atoms with E-state index in [4.69, 9.17) is 0 Å². The number of nitrogens with one attached hydrogen (secondary N) is 2. The van der Waals surface area contributed by atoms with Crippen molar-refractivity contribution in [1.82, 2.24) is 15.5 Å². The van der Waals surface area contributed by atoms with Gasteiger partial charge in [-0.25, -0.2) is 0 Å². The van der Waals surface area contributed by atoms with Crippen LogP contribution in [0.3, 0.4) is 0 Å². The number of rotatable bonds is 2. The van der Waals surface area contributed by atoms with Crippen LogP contribution in [0.2, 0.25) is 0 Å². The van der Waals surface area contributed by atoms with Gasteiger partial charge in [-0.3, -0.25) is 14.4 Å². The van der Waals surface area contributed by atoms with Crippen molar-refractivity contribution in [3.8, 4) is 0 Å². The molecule has 3 fully saturated rings. The Morgan fingerprint density at radius 1 is 1.23 bits per heavy atom. The zero-order chi connectivity index (χ0) is 15.9. The minimum absolute atomic E-state index is 0.0700. The van der Waals surface area contributed by atoms with Gasteiger partial charge < -0.3 is 15.5 Å². The SMILES string of the molecule is CNC(=O)[C@@H]1C[C@@H]2CCCC[C@@]23CC[C@@H](NC(C)=O)C(=O)N13. The molecular formula is C16H25N3O3. The summed E-state index contributed by atoms with van der Waals surface area (Å²) in [6, 6.07) is -0.854. The fraction of sp³-hybridized carbons (Fsp3) is 0.812. The van der Waals surface area contributed by atoms with E-state index in [1.807, 2.05) is 4.90 Å². The average molecular weight is 307 g/mol. The smallest absolute Gasteiger partial charge is 0.246 e. The third-order valence-corrected chi connectivity index (χ3v) is 5.80. The quantitative estimate of drug-likeness (QED) is 0.782. The van der Waals surface area contributed by atoms with Crippen molar-refractivity contribution in [1.29, 1.82) is 0 Å². The molecule has 1 saturated carbocycles. The summed E-state index contributed by atoms with van der Waals surface area (Å²) in [4.78, 5) is 38.4. The number of piperidine rings is 1. The Balaban J connectivity index is 1.93. The first-order chi connectivity index (χ1) is 10.5. The maximum atomic E-state index is 13.0. The number of hydrogen-bond donors (Lipinski definition) is 2. The third kappa shape index (κ3) is 2.20. The highest BCUT2D eigenvalue weighted by molar-refractivity contribution is 5.93. The topological polar surface area (TPSA) is 78.5 Å². The van der Waals surface area contributed by atoms with Crippen molar-refractivity contribution < 1.29 is 14.4 Å². The lowest BCUT2D eigenvalue weighted by Crippen LogP contribution is -2.65. The third-order valence-electron chi connectivity index (χ3n) is 5.80. The van der Waals surface area contributed by atoms with Crippen LogP contribution in [0.1, 0.15) is 51.9 Å². The van der Waals surface area contributed by atoms with Gasteiger partial charge in [0.1, 0.15) is 12.1 Å². The van der Waals surface area contributed by atoms with Gasteiger partial charge in [0.05, 0.1) is 0 Å². The molecule has 3 amide bonds. The lowest BCUT2D eigenvalue weighted by molar-refractivity contribution is -0.153. The van der Waals surface area contributed by atoms with E-state index in [9.17, 15) is 14.4 Å². The molecule has 1 spiro atoms. The molecule has 0 aromatic heterocycles. The minimum atomic E-state index is -0.476. The Hall–Kier alpha value is -1.59. The van der Waals surface area contributed by atoms with Crippen LogP contribution in [0.15, 0.2) is 0 Å². The van der Waals surface area contributed by atoms with E-state index < -0.39 is 6.04 Å². The first-order valence-electron chi connectivity index (χ1n) is 8.31. The molecule has 2 aliphatic heterocycles. The summed E-state index contributed by atoms with van der Waals surface area (Å²) >= 11 is 0. The molecular weight excluding hydrogens is 282 g/mol. The molecule has 6 heteroatoms. The van der Waals surface area contributed by atoms with E-state index in [1.54, 1.807) is 7.05 Å². The molecule has 2 saturated heterocycles. The fourth-order valence-electron chi connectivity index (χ4n) is 4.91. The first-order valence-corrected chi connectivity index (χ1v) is 8.31. The monoisotopic (exact) mass is 307 g/mol. The van der Waals surface area contributed by atoms with Gasteiger partial charge in [0.15, 0.2) is 0 Å². The number of likely N-dealkylation sites (N-methyl/N-ethyl adjacent to an activating group) is 1. The Morgan fingerprint density at radius 2 is 2.00 bits per heavy atom. The summed E-state index contributed by atoms with van der Waals surface area (Å²) in [7, 11) is 1.62. The van der Waals surface area contributed by atoms with Crippen LogP contribution < -0.4 is 10.6 Å². The van der Waals surface area contributed by atoms with Gasteiger partial charge in [-0.15, -0.1) is 0 Å². The van der Waals surface area contributed by atoms with E-state index in [1.165, 1.54) is 13.3 Å². The van der Waals surface area contributed by atoms with E-state index in [0.717, 1.165) is 32.1 Å². The lowest BCUT2D eigenvalue weighted by Gasteiger charge is -2.51. The van der Waals surface area contributed by atoms with Crippen LogP contribution in [0.5, 0.6) is 0 Å². The van der Waals surface area contributed by atoms with Crippen molar-refractivity contribution in [2.45, 2.75) is 69.5 Å². The molecule has 1 aliphatic carbocycles. The number of nitrogens with zero attached hydrogens (tertiary/aromatic N) is 1. The van der Waals surface area contributed by atoms with Gasteiger partial charge in [0.2, 0.25) is 17.7 Å². The molecule has 0 radical (unpaired) electrons. The van der Waals surface area contributed by atoms with Crippen molar-refractivity contribution in [3.05, 3.63) is 0 Å². The van der Waals surface area contributed by atoms with Gasteiger partial charge in [-0.1, -0.05) is 12.8 Å². The second-order valence-corrected chi connectivity index (χ2v) is 6.91. The van der Waals surface area contributed by atoms with Gasteiger partial charge >= 0.3 is 0 Å². The summed E-state index contributed by atoms with van der Waals surface area (Å²) in [5, 5.41) is 5.45. The summed E-state index contributed by atoms with van der Waals surface area (Å²) in [6.45, 7) is 1.43. The van der Waals surface area contributed by atoms with Crippen LogP contribution in [0, 0.1) is 5.92 Å². The minimum Gasteiger partial charge on any atom is -0.357 e. The number of hydrogen-bond acceptors (Lipinski definition) is 3. The maximum Gasteiger partial charge on any atom is 0.246 e. The summed E-state index contributed by atoms with van der Waals surface area (Å²) in [6.07, 6.45) is 6.73. The van der Waals surface area contributed by atoms with Gasteiger partial charge in [-0.2, -0.15) is 0 Å². The summed E-state index contributed by atoms with van der Waals surface area (Å²) < 4.78 is 0.